The number of carbonyl (C=O) groups is 2. The van der Waals surface area contributed by atoms with Gasteiger partial charge in [-0.15, -0.1) is 0 Å². The predicted molar refractivity (Wildman–Crippen MR) is 101 cm³/mol. The Morgan fingerprint density at radius 2 is 1.63 bits per heavy atom. The number of aromatic carboxylic acids is 1. The summed E-state index contributed by atoms with van der Waals surface area (Å²) in [7, 11) is -2.70. The first-order valence-corrected chi connectivity index (χ1v) is 9.47. The van der Waals surface area contributed by atoms with E-state index in [2.05, 4.69) is 10.0 Å². The predicted octanol–water partition coefficient (Wildman–Crippen LogP) is 2.79. The highest BCUT2D eigenvalue weighted by atomic mass is 32.2. The van der Waals surface area contributed by atoms with E-state index in [1.165, 1.54) is 31.4 Å². The number of anilines is 2. The zero-order valence-electron chi connectivity index (χ0n) is 15.0. The van der Waals surface area contributed by atoms with Crippen LogP contribution in [0.3, 0.4) is 0 Å². The zero-order chi connectivity index (χ0) is 20.2. The lowest BCUT2D eigenvalue weighted by Crippen LogP contribution is -2.17. The summed E-state index contributed by atoms with van der Waals surface area (Å²) in [5, 5.41) is 11.9. The van der Waals surface area contributed by atoms with Crippen molar-refractivity contribution in [2.45, 2.75) is 18.7 Å². The molecule has 27 heavy (non-hydrogen) atoms. The fourth-order valence-electron chi connectivity index (χ4n) is 2.14. The fraction of sp³-hybridized carbons (Fsp3) is 0.222. The molecule has 0 aliphatic rings. The maximum atomic E-state index is 12.5. The average Bonchev–Trinajstić information content (AvgIpc) is 2.62. The summed E-state index contributed by atoms with van der Waals surface area (Å²) in [4.78, 5) is 22.7. The SMILES string of the molecule is COc1ccc(S(=O)(=O)Nc2ccc(NC(=O)C(C)C)cc2)cc1C(=O)O. The van der Waals surface area contributed by atoms with Gasteiger partial charge in [0.15, 0.2) is 0 Å². The maximum absolute atomic E-state index is 12.5. The molecule has 0 saturated heterocycles. The average molecular weight is 392 g/mol. The van der Waals surface area contributed by atoms with Crippen LogP contribution < -0.4 is 14.8 Å². The highest BCUT2D eigenvalue weighted by Crippen LogP contribution is 2.24. The van der Waals surface area contributed by atoms with Crippen molar-refractivity contribution in [2.24, 2.45) is 5.92 Å². The van der Waals surface area contributed by atoms with Crippen LogP contribution in [0.25, 0.3) is 0 Å². The van der Waals surface area contributed by atoms with Gasteiger partial charge in [-0.25, -0.2) is 13.2 Å². The minimum absolute atomic E-state index is 0.0618. The first kappa shape index (κ1) is 20.2. The Bertz CT molecular complexity index is 952. The molecule has 0 unspecified atom stereocenters. The molecule has 2 rings (SSSR count). The van der Waals surface area contributed by atoms with Crippen LogP contribution in [-0.4, -0.2) is 32.5 Å². The van der Waals surface area contributed by atoms with Gasteiger partial charge >= 0.3 is 5.97 Å². The molecule has 0 saturated carbocycles. The number of methoxy groups -OCH3 is 1. The van der Waals surface area contributed by atoms with Gasteiger partial charge in [-0.2, -0.15) is 0 Å². The Morgan fingerprint density at radius 1 is 1.04 bits per heavy atom. The van der Waals surface area contributed by atoms with Crippen LogP contribution in [0, 0.1) is 5.92 Å². The summed E-state index contributed by atoms with van der Waals surface area (Å²) in [5.74, 6) is -1.56. The third kappa shape index (κ3) is 4.98. The first-order chi connectivity index (χ1) is 12.6. The number of carbonyl (C=O) groups excluding carboxylic acids is 1. The Morgan fingerprint density at radius 3 is 2.15 bits per heavy atom. The first-order valence-electron chi connectivity index (χ1n) is 7.99. The molecule has 0 heterocycles. The van der Waals surface area contributed by atoms with Gasteiger partial charge in [0.05, 0.1) is 12.0 Å². The van der Waals surface area contributed by atoms with E-state index >= 15 is 0 Å². The van der Waals surface area contributed by atoms with E-state index in [0.717, 1.165) is 6.07 Å². The van der Waals surface area contributed by atoms with Crippen molar-refractivity contribution in [3.63, 3.8) is 0 Å². The van der Waals surface area contributed by atoms with Gasteiger partial charge in [0.2, 0.25) is 5.91 Å². The number of rotatable bonds is 7. The number of nitrogens with one attached hydrogen (secondary N) is 2. The van der Waals surface area contributed by atoms with Crippen LogP contribution in [0.5, 0.6) is 5.75 Å². The third-order valence-electron chi connectivity index (χ3n) is 3.64. The lowest BCUT2D eigenvalue weighted by molar-refractivity contribution is -0.118. The summed E-state index contributed by atoms with van der Waals surface area (Å²) in [6.07, 6.45) is 0. The van der Waals surface area contributed by atoms with Gasteiger partial charge in [-0.1, -0.05) is 13.8 Å². The summed E-state index contributed by atoms with van der Waals surface area (Å²) in [5.41, 5.74) is 0.548. The topological polar surface area (TPSA) is 122 Å². The van der Waals surface area contributed by atoms with Crippen molar-refractivity contribution < 1.29 is 27.9 Å². The molecule has 0 bridgehead atoms. The number of amides is 1. The molecular weight excluding hydrogens is 372 g/mol. The highest BCUT2D eigenvalue weighted by molar-refractivity contribution is 7.92. The largest absolute Gasteiger partial charge is 0.496 e. The molecule has 0 aliphatic carbocycles. The second kappa shape index (κ2) is 8.09. The summed E-state index contributed by atoms with van der Waals surface area (Å²) in [6.45, 7) is 3.52. The Labute approximate surface area is 157 Å². The molecule has 0 aliphatic heterocycles. The normalized spacial score (nSPS) is 11.1. The van der Waals surface area contributed by atoms with Gasteiger partial charge in [0, 0.05) is 17.3 Å². The molecule has 3 N–H and O–H groups in total. The van der Waals surface area contributed by atoms with E-state index in [-0.39, 0.29) is 33.7 Å². The summed E-state index contributed by atoms with van der Waals surface area (Å²) >= 11 is 0. The minimum atomic E-state index is -4.00. The van der Waals surface area contributed by atoms with Crippen LogP contribution in [0.1, 0.15) is 24.2 Å². The van der Waals surface area contributed by atoms with Crippen LogP contribution >= 0.6 is 0 Å². The standard InChI is InChI=1S/C18H20N2O6S/c1-11(2)17(21)19-12-4-6-13(7-5-12)20-27(24,25)14-8-9-16(26-3)15(10-14)18(22)23/h4-11,20H,1-3H3,(H,19,21)(H,22,23). The molecule has 2 aromatic carbocycles. The third-order valence-corrected chi connectivity index (χ3v) is 5.02. The molecule has 0 radical (unpaired) electrons. The van der Waals surface area contributed by atoms with E-state index in [1.807, 2.05) is 0 Å². The number of carboxylic acids is 1. The minimum Gasteiger partial charge on any atom is -0.496 e. The lowest BCUT2D eigenvalue weighted by atomic mass is 10.2. The fourth-order valence-corrected chi connectivity index (χ4v) is 3.23. The Balaban J connectivity index is 2.22. The molecule has 8 nitrogen and oxygen atoms in total. The number of hydrogen-bond acceptors (Lipinski definition) is 5. The molecule has 144 valence electrons. The smallest absolute Gasteiger partial charge is 0.339 e. The zero-order valence-corrected chi connectivity index (χ0v) is 15.8. The van der Waals surface area contributed by atoms with Crippen molar-refractivity contribution in [1.82, 2.24) is 0 Å². The molecular formula is C18H20N2O6S. The number of carboxylic acid groups (broad SMARTS) is 1. The second-order valence-corrected chi connectivity index (χ2v) is 7.68. The van der Waals surface area contributed by atoms with Crippen molar-refractivity contribution in [3.8, 4) is 5.75 Å². The lowest BCUT2D eigenvalue weighted by Gasteiger charge is -2.12. The molecule has 0 spiro atoms. The van der Waals surface area contributed by atoms with Gasteiger partial charge in [0.1, 0.15) is 11.3 Å². The van der Waals surface area contributed by atoms with Gasteiger partial charge < -0.3 is 15.2 Å². The van der Waals surface area contributed by atoms with Crippen LogP contribution in [0.2, 0.25) is 0 Å². The van der Waals surface area contributed by atoms with E-state index < -0.39 is 16.0 Å². The van der Waals surface area contributed by atoms with Crippen LogP contribution in [0.15, 0.2) is 47.4 Å². The van der Waals surface area contributed by atoms with Gasteiger partial charge in [-0.3, -0.25) is 9.52 Å². The molecule has 9 heteroatoms. The quantitative estimate of drug-likeness (QED) is 0.666. The van der Waals surface area contributed by atoms with Gasteiger partial charge in [-0.05, 0) is 42.5 Å². The van der Waals surface area contributed by atoms with E-state index in [4.69, 9.17) is 4.74 Å². The van der Waals surface area contributed by atoms with Gasteiger partial charge in [0.25, 0.3) is 10.0 Å². The van der Waals surface area contributed by atoms with Crippen molar-refractivity contribution in [1.29, 1.82) is 0 Å². The van der Waals surface area contributed by atoms with E-state index in [9.17, 15) is 23.1 Å². The number of hydrogen-bond donors (Lipinski definition) is 3. The number of ether oxygens (including phenoxy) is 1. The van der Waals surface area contributed by atoms with Crippen molar-refractivity contribution in [2.75, 3.05) is 17.1 Å². The van der Waals surface area contributed by atoms with Crippen LogP contribution in [-0.2, 0) is 14.8 Å². The van der Waals surface area contributed by atoms with Crippen LogP contribution in [0.4, 0.5) is 11.4 Å². The molecule has 1 amide bonds. The van der Waals surface area contributed by atoms with E-state index in [0.29, 0.717) is 5.69 Å². The molecule has 0 atom stereocenters. The summed E-state index contributed by atoms with van der Waals surface area (Å²) < 4.78 is 32.3. The Kier molecular flexibility index (Phi) is 6.06. The van der Waals surface area contributed by atoms with Crippen molar-refractivity contribution >= 4 is 33.3 Å². The second-order valence-electron chi connectivity index (χ2n) is 5.99. The number of benzene rings is 2. The monoisotopic (exact) mass is 392 g/mol. The molecule has 2 aromatic rings. The number of sulfonamides is 1. The van der Waals surface area contributed by atoms with Crippen molar-refractivity contribution in [3.05, 3.63) is 48.0 Å². The summed E-state index contributed by atoms with van der Waals surface area (Å²) in [6, 6.07) is 9.68. The van der Waals surface area contributed by atoms with E-state index in [1.54, 1.807) is 26.0 Å². The molecule has 0 fully saturated rings. The highest BCUT2D eigenvalue weighted by Gasteiger charge is 2.19. The molecule has 0 aromatic heterocycles. The Hall–Kier alpha value is -3.07. The maximum Gasteiger partial charge on any atom is 0.339 e.